The first-order valence-electron chi connectivity index (χ1n) is 10.8. The number of carbonyl (C=O) groups excluding carboxylic acids is 2. The lowest BCUT2D eigenvalue weighted by atomic mass is 10.1. The van der Waals surface area contributed by atoms with Crippen LogP contribution in [-0.4, -0.2) is 68.8 Å². The lowest BCUT2D eigenvalue weighted by Gasteiger charge is -2.14. The summed E-state index contributed by atoms with van der Waals surface area (Å²) in [6, 6.07) is 6.98. The minimum absolute atomic E-state index is 0.0727. The number of Topliss-reactive ketones (excluding diaryl/α,β-unsaturated/α-hetero) is 1. The number of nitrogens with one attached hydrogen (secondary N) is 1. The molecule has 2 aromatic rings. The number of rotatable bonds is 12. The first-order valence-corrected chi connectivity index (χ1v) is 12.2. The number of allylic oxidation sites excluding steroid dienone is 1. The lowest BCUT2D eigenvalue weighted by molar-refractivity contribution is -0.142. The predicted molar refractivity (Wildman–Crippen MR) is 134 cm³/mol. The van der Waals surface area contributed by atoms with Crippen LogP contribution >= 0.6 is 11.8 Å². The lowest BCUT2D eigenvalue weighted by Crippen LogP contribution is -2.43. The fourth-order valence-corrected chi connectivity index (χ4v) is 3.99. The van der Waals surface area contributed by atoms with E-state index in [1.807, 2.05) is 6.26 Å². The normalized spacial score (nSPS) is 14.0. The van der Waals surface area contributed by atoms with Crippen molar-refractivity contribution >= 4 is 35.5 Å². The number of fused-ring (bicyclic) bond motifs is 1. The van der Waals surface area contributed by atoms with Crippen LogP contribution in [0.25, 0.3) is 6.08 Å². The average molecular weight is 518 g/mol. The number of ether oxygens (including phenoxy) is 5. The number of amides is 1. The van der Waals surface area contributed by atoms with Gasteiger partial charge in [0.2, 0.25) is 11.5 Å². The van der Waals surface area contributed by atoms with Gasteiger partial charge in [0.15, 0.2) is 23.9 Å². The molecule has 36 heavy (non-hydrogen) atoms. The van der Waals surface area contributed by atoms with E-state index in [9.17, 15) is 19.5 Å². The Labute approximate surface area is 212 Å². The van der Waals surface area contributed by atoms with E-state index in [0.29, 0.717) is 40.5 Å². The van der Waals surface area contributed by atoms with Gasteiger partial charge in [0.1, 0.15) is 17.5 Å². The first kappa shape index (κ1) is 26.7. The fourth-order valence-electron chi connectivity index (χ4n) is 3.51. The summed E-state index contributed by atoms with van der Waals surface area (Å²) in [5.41, 5.74) is 0.884. The molecule has 2 aromatic carbocycles. The highest BCUT2D eigenvalue weighted by Gasteiger charge is 2.29. The Morgan fingerprint density at radius 1 is 1.11 bits per heavy atom. The topological polar surface area (TPSA) is 130 Å². The SMILES string of the molecule is COc1ccc(/C=C2\Oc3cc(OCC(=O)N[C@@H](CCSC)C(=O)O)ccc3C2=O)c(OC)c1OC. The average Bonchev–Trinajstić information content (AvgIpc) is 3.18. The molecule has 0 radical (unpaired) electrons. The number of ketones is 1. The van der Waals surface area contributed by atoms with Crippen molar-refractivity contribution in [1.29, 1.82) is 0 Å². The molecule has 0 saturated carbocycles. The van der Waals surface area contributed by atoms with Gasteiger partial charge in [0.05, 0.1) is 26.9 Å². The zero-order valence-corrected chi connectivity index (χ0v) is 21.1. The van der Waals surface area contributed by atoms with Crippen LogP contribution in [0.5, 0.6) is 28.7 Å². The third-order valence-electron chi connectivity index (χ3n) is 5.28. The summed E-state index contributed by atoms with van der Waals surface area (Å²) in [6.07, 6.45) is 3.70. The molecular weight excluding hydrogens is 490 g/mol. The van der Waals surface area contributed by atoms with Crippen LogP contribution in [0.3, 0.4) is 0 Å². The van der Waals surface area contributed by atoms with Crippen molar-refractivity contribution in [2.75, 3.05) is 39.9 Å². The number of carbonyl (C=O) groups is 3. The van der Waals surface area contributed by atoms with E-state index >= 15 is 0 Å². The van der Waals surface area contributed by atoms with Crippen LogP contribution in [0, 0.1) is 0 Å². The Hall–Kier alpha value is -3.86. The van der Waals surface area contributed by atoms with Crippen molar-refractivity contribution < 1.29 is 43.2 Å². The van der Waals surface area contributed by atoms with Gasteiger partial charge in [0, 0.05) is 11.6 Å². The van der Waals surface area contributed by atoms with Gasteiger partial charge in [-0.25, -0.2) is 4.79 Å². The van der Waals surface area contributed by atoms with Gasteiger partial charge in [-0.05, 0) is 48.8 Å². The Bertz CT molecular complexity index is 1180. The van der Waals surface area contributed by atoms with Gasteiger partial charge in [-0.3, -0.25) is 9.59 Å². The summed E-state index contributed by atoms with van der Waals surface area (Å²) in [7, 11) is 4.47. The molecule has 192 valence electrons. The molecule has 11 heteroatoms. The maximum Gasteiger partial charge on any atom is 0.326 e. The second-order valence-corrected chi connectivity index (χ2v) is 8.54. The molecule has 1 aliphatic heterocycles. The van der Waals surface area contributed by atoms with Gasteiger partial charge in [-0.1, -0.05) is 0 Å². The zero-order valence-electron chi connectivity index (χ0n) is 20.3. The smallest absolute Gasteiger partial charge is 0.326 e. The zero-order chi connectivity index (χ0) is 26.2. The summed E-state index contributed by atoms with van der Waals surface area (Å²) in [5, 5.41) is 11.7. The molecule has 0 saturated heterocycles. The van der Waals surface area contributed by atoms with Crippen LogP contribution in [-0.2, 0) is 9.59 Å². The number of aliphatic carboxylic acids is 1. The van der Waals surface area contributed by atoms with E-state index in [0.717, 1.165) is 0 Å². The molecule has 0 bridgehead atoms. The van der Waals surface area contributed by atoms with Crippen molar-refractivity contribution in [2.24, 2.45) is 0 Å². The van der Waals surface area contributed by atoms with Crippen molar-refractivity contribution in [1.82, 2.24) is 5.32 Å². The molecule has 1 atom stereocenters. The second-order valence-electron chi connectivity index (χ2n) is 7.55. The molecule has 0 fully saturated rings. The quantitative estimate of drug-likeness (QED) is 0.405. The van der Waals surface area contributed by atoms with Crippen LogP contribution in [0.15, 0.2) is 36.1 Å². The van der Waals surface area contributed by atoms with E-state index in [-0.39, 0.29) is 29.6 Å². The number of thioether (sulfide) groups is 1. The molecule has 1 amide bonds. The molecule has 3 rings (SSSR count). The van der Waals surface area contributed by atoms with Gasteiger partial charge >= 0.3 is 5.97 Å². The van der Waals surface area contributed by atoms with Gasteiger partial charge in [-0.2, -0.15) is 11.8 Å². The van der Waals surface area contributed by atoms with Crippen molar-refractivity contribution in [3.05, 3.63) is 47.2 Å². The number of hydrogen-bond donors (Lipinski definition) is 2. The van der Waals surface area contributed by atoms with Gasteiger partial charge in [0.25, 0.3) is 5.91 Å². The predicted octanol–water partition coefficient (Wildman–Crippen LogP) is 3.03. The Kier molecular flexibility index (Phi) is 9.07. The highest BCUT2D eigenvalue weighted by Crippen LogP contribution is 2.42. The van der Waals surface area contributed by atoms with Crippen LogP contribution in [0.1, 0.15) is 22.3 Å². The Balaban J connectivity index is 1.72. The summed E-state index contributed by atoms with van der Waals surface area (Å²) < 4.78 is 27.4. The number of methoxy groups -OCH3 is 3. The maximum absolute atomic E-state index is 12.9. The third kappa shape index (κ3) is 6.03. The van der Waals surface area contributed by atoms with Gasteiger partial charge in [-0.15, -0.1) is 0 Å². The van der Waals surface area contributed by atoms with E-state index in [4.69, 9.17) is 23.7 Å². The molecular formula is C25H27NO9S. The number of carboxylic acid groups (broad SMARTS) is 1. The minimum atomic E-state index is -1.10. The molecule has 1 heterocycles. The van der Waals surface area contributed by atoms with E-state index in [1.165, 1.54) is 57.4 Å². The fraction of sp³-hybridized carbons (Fsp3) is 0.320. The van der Waals surface area contributed by atoms with Crippen LogP contribution in [0.2, 0.25) is 0 Å². The number of hydrogen-bond acceptors (Lipinski definition) is 9. The second kappa shape index (κ2) is 12.2. The standard InChI is InChI=1S/C25H27NO9S/c1-31-18-8-5-14(23(32-2)24(18)33-3)11-20-22(28)16-7-6-15(12-19(16)35-20)34-13-21(27)26-17(25(29)30)9-10-36-4/h5-8,11-12,17H,9-10,13H2,1-4H3,(H,26,27)(H,29,30)/b20-11-/t17-/m0/s1. The van der Waals surface area contributed by atoms with E-state index in [2.05, 4.69) is 5.32 Å². The summed E-state index contributed by atoms with van der Waals surface area (Å²) in [5.74, 6) is 0.461. The molecule has 0 aliphatic carbocycles. The molecule has 0 spiro atoms. The highest BCUT2D eigenvalue weighted by atomic mass is 32.2. The maximum atomic E-state index is 12.9. The van der Waals surface area contributed by atoms with Crippen LogP contribution in [0.4, 0.5) is 0 Å². The number of carboxylic acids is 1. The van der Waals surface area contributed by atoms with Crippen molar-refractivity contribution in [3.63, 3.8) is 0 Å². The summed E-state index contributed by atoms with van der Waals surface area (Å²) in [6.45, 7) is -0.388. The van der Waals surface area contributed by atoms with E-state index in [1.54, 1.807) is 12.1 Å². The molecule has 0 unspecified atom stereocenters. The third-order valence-corrected chi connectivity index (χ3v) is 5.92. The number of benzene rings is 2. The summed E-state index contributed by atoms with van der Waals surface area (Å²) in [4.78, 5) is 36.3. The van der Waals surface area contributed by atoms with Crippen LogP contribution < -0.4 is 29.0 Å². The largest absolute Gasteiger partial charge is 0.493 e. The highest BCUT2D eigenvalue weighted by molar-refractivity contribution is 7.98. The molecule has 1 aliphatic rings. The molecule has 10 nitrogen and oxygen atoms in total. The monoisotopic (exact) mass is 517 g/mol. The minimum Gasteiger partial charge on any atom is -0.493 e. The van der Waals surface area contributed by atoms with E-state index < -0.39 is 17.9 Å². The van der Waals surface area contributed by atoms with Crippen molar-refractivity contribution in [2.45, 2.75) is 12.5 Å². The molecule has 2 N–H and O–H groups in total. The Morgan fingerprint density at radius 3 is 2.50 bits per heavy atom. The Morgan fingerprint density at radius 2 is 1.86 bits per heavy atom. The molecule has 0 aromatic heterocycles. The first-order chi connectivity index (χ1) is 17.3. The van der Waals surface area contributed by atoms with Crippen molar-refractivity contribution in [3.8, 4) is 28.7 Å². The van der Waals surface area contributed by atoms with Gasteiger partial charge < -0.3 is 34.1 Å². The summed E-state index contributed by atoms with van der Waals surface area (Å²) >= 11 is 1.49.